The van der Waals surface area contributed by atoms with Crippen LogP contribution in [0.5, 0.6) is 5.75 Å². The molecular weight excluding hydrogens is 294 g/mol. The van der Waals surface area contributed by atoms with Gasteiger partial charge in [-0.05, 0) is 54.8 Å². The minimum absolute atomic E-state index is 0.794. The minimum Gasteiger partial charge on any atom is -0.494 e. The van der Waals surface area contributed by atoms with Gasteiger partial charge in [0.1, 0.15) is 5.75 Å². The van der Waals surface area contributed by atoms with Gasteiger partial charge in [0.25, 0.3) is 0 Å². The molecule has 0 radical (unpaired) electrons. The molecule has 0 spiro atoms. The van der Waals surface area contributed by atoms with Gasteiger partial charge in [-0.15, -0.1) is 0 Å². The highest BCUT2D eigenvalue weighted by Crippen LogP contribution is 2.14. The summed E-state index contributed by atoms with van der Waals surface area (Å²) in [7, 11) is 0. The van der Waals surface area contributed by atoms with E-state index in [-0.39, 0.29) is 0 Å². The first kappa shape index (κ1) is 16.9. The van der Waals surface area contributed by atoms with Crippen molar-refractivity contribution in [3.63, 3.8) is 0 Å². The second-order valence-electron chi connectivity index (χ2n) is 5.41. The number of benzene rings is 2. The Morgan fingerprint density at radius 2 is 1.86 bits per heavy atom. The zero-order valence-electron chi connectivity index (χ0n) is 13.1. The summed E-state index contributed by atoms with van der Waals surface area (Å²) in [6, 6.07) is 16.3. The Morgan fingerprint density at radius 3 is 2.68 bits per heavy atom. The predicted octanol–water partition coefficient (Wildman–Crippen LogP) is 4.85. The molecule has 0 saturated carbocycles. The number of unbranched alkanes of at least 4 members (excludes halogenated alkanes) is 1. The number of nitrogens with one attached hydrogen (secondary N) is 1. The van der Waals surface area contributed by atoms with Crippen molar-refractivity contribution >= 4 is 11.6 Å². The van der Waals surface area contributed by atoms with Crippen molar-refractivity contribution in [2.24, 2.45) is 0 Å². The van der Waals surface area contributed by atoms with Crippen molar-refractivity contribution in [3.05, 3.63) is 64.7 Å². The molecule has 0 bridgehead atoms. The molecule has 0 unspecified atom stereocenters. The van der Waals surface area contributed by atoms with E-state index in [2.05, 4.69) is 36.5 Å². The van der Waals surface area contributed by atoms with E-state index in [1.807, 2.05) is 24.3 Å². The zero-order valence-corrected chi connectivity index (χ0v) is 13.9. The van der Waals surface area contributed by atoms with E-state index in [1.54, 1.807) is 0 Å². The second kappa shape index (κ2) is 9.50. The minimum atomic E-state index is 0.794. The molecule has 2 nitrogen and oxygen atoms in total. The average molecular weight is 318 g/mol. The first-order valence-electron chi connectivity index (χ1n) is 7.95. The Morgan fingerprint density at radius 1 is 1.05 bits per heavy atom. The van der Waals surface area contributed by atoms with Crippen molar-refractivity contribution < 1.29 is 4.74 Å². The van der Waals surface area contributed by atoms with E-state index < -0.39 is 0 Å². The maximum atomic E-state index is 5.99. The summed E-state index contributed by atoms with van der Waals surface area (Å²) in [5.41, 5.74) is 2.51. The molecule has 0 atom stereocenters. The molecule has 3 heteroatoms. The number of hydrogen-bond donors (Lipinski definition) is 1. The Balaban J connectivity index is 1.73. The summed E-state index contributed by atoms with van der Waals surface area (Å²) < 4.78 is 5.73. The number of hydrogen-bond acceptors (Lipinski definition) is 2. The molecule has 0 heterocycles. The lowest BCUT2D eigenvalue weighted by Gasteiger charge is -2.09. The molecule has 118 valence electrons. The van der Waals surface area contributed by atoms with Gasteiger partial charge in [-0.3, -0.25) is 0 Å². The van der Waals surface area contributed by atoms with Crippen LogP contribution in [0, 0.1) is 0 Å². The van der Waals surface area contributed by atoms with Crippen LogP contribution in [0.3, 0.4) is 0 Å². The van der Waals surface area contributed by atoms with Crippen LogP contribution in [-0.4, -0.2) is 13.2 Å². The van der Waals surface area contributed by atoms with Gasteiger partial charge in [0.15, 0.2) is 0 Å². The quantitative estimate of drug-likeness (QED) is 0.667. The van der Waals surface area contributed by atoms with Gasteiger partial charge in [0.05, 0.1) is 6.61 Å². The first-order chi connectivity index (χ1) is 10.8. The summed E-state index contributed by atoms with van der Waals surface area (Å²) in [5.74, 6) is 0.961. The average Bonchev–Trinajstić information content (AvgIpc) is 2.52. The lowest BCUT2D eigenvalue weighted by molar-refractivity contribution is 0.309. The molecule has 2 rings (SSSR count). The Hall–Kier alpha value is -1.51. The molecule has 1 N–H and O–H groups in total. The molecule has 2 aromatic carbocycles. The second-order valence-corrected chi connectivity index (χ2v) is 5.84. The van der Waals surface area contributed by atoms with Gasteiger partial charge in [0, 0.05) is 11.6 Å². The van der Waals surface area contributed by atoms with Gasteiger partial charge in [-0.2, -0.15) is 0 Å². The first-order valence-corrected chi connectivity index (χ1v) is 8.32. The van der Waals surface area contributed by atoms with Crippen LogP contribution in [0.4, 0.5) is 0 Å². The van der Waals surface area contributed by atoms with Gasteiger partial charge < -0.3 is 10.1 Å². The van der Waals surface area contributed by atoms with Crippen molar-refractivity contribution in [3.8, 4) is 5.75 Å². The van der Waals surface area contributed by atoms with E-state index >= 15 is 0 Å². The number of rotatable bonds is 9. The summed E-state index contributed by atoms with van der Waals surface area (Å²) in [5, 5.41) is 4.27. The zero-order chi connectivity index (χ0) is 15.6. The van der Waals surface area contributed by atoms with Crippen LogP contribution in [-0.2, 0) is 13.0 Å². The van der Waals surface area contributed by atoms with Crippen LogP contribution in [0.1, 0.15) is 30.9 Å². The largest absolute Gasteiger partial charge is 0.494 e. The van der Waals surface area contributed by atoms with Crippen LogP contribution >= 0.6 is 11.6 Å². The molecule has 2 aromatic rings. The third-order valence-corrected chi connectivity index (χ3v) is 3.71. The molecular formula is C19H24ClNO. The van der Waals surface area contributed by atoms with Gasteiger partial charge in [-0.1, -0.05) is 49.2 Å². The molecule has 0 aliphatic carbocycles. The van der Waals surface area contributed by atoms with Crippen LogP contribution in [0.15, 0.2) is 48.5 Å². The van der Waals surface area contributed by atoms with Gasteiger partial charge >= 0.3 is 0 Å². The Bertz CT molecular complexity index is 571. The topological polar surface area (TPSA) is 21.3 Å². The third-order valence-electron chi connectivity index (χ3n) is 3.47. The van der Waals surface area contributed by atoms with E-state index in [0.29, 0.717) is 0 Å². The van der Waals surface area contributed by atoms with E-state index in [9.17, 15) is 0 Å². The van der Waals surface area contributed by atoms with Crippen molar-refractivity contribution in [1.82, 2.24) is 5.32 Å². The van der Waals surface area contributed by atoms with Crippen molar-refractivity contribution in [2.75, 3.05) is 13.2 Å². The van der Waals surface area contributed by atoms with Crippen LogP contribution in [0.25, 0.3) is 0 Å². The summed E-state index contributed by atoms with van der Waals surface area (Å²) in [6.07, 6.45) is 3.24. The van der Waals surface area contributed by atoms with Crippen LogP contribution < -0.4 is 10.1 Å². The fourth-order valence-corrected chi connectivity index (χ4v) is 2.45. The molecule has 0 saturated heterocycles. The lowest BCUT2D eigenvalue weighted by atomic mass is 10.1. The molecule has 0 aromatic heterocycles. The maximum absolute atomic E-state index is 5.99. The van der Waals surface area contributed by atoms with Gasteiger partial charge in [0.2, 0.25) is 0 Å². The fourth-order valence-electron chi connectivity index (χ4n) is 2.24. The number of halogens is 1. The standard InChI is InChI=1S/C19H24ClNO/c1-2-3-12-22-19-9-5-7-17(14-19)15-21-11-10-16-6-4-8-18(20)13-16/h4-9,13-14,21H,2-3,10-12,15H2,1H3. The molecule has 22 heavy (non-hydrogen) atoms. The van der Waals surface area contributed by atoms with E-state index in [0.717, 1.165) is 49.7 Å². The summed E-state index contributed by atoms with van der Waals surface area (Å²) >= 11 is 5.99. The smallest absolute Gasteiger partial charge is 0.119 e. The molecule has 0 amide bonds. The monoisotopic (exact) mass is 317 g/mol. The molecule has 0 fully saturated rings. The summed E-state index contributed by atoms with van der Waals surface area (Å²) in [6.45, 7) is 4.75. The SMILES string of the molecule is CCCCOc1cccc(CNCCc2cccc(Cl)c2)c1. The van der Waals surface area contributed by atoms with Crippen LogP contribution in [0.2, 0.25) is 5.02 Å². The molecule has 0 aliphatic rings. The third kappa shape index (κ3) is 6.08. The highest BCUT2D eigenvalue weighted by Gasteiger charge is 1.98. The maximum Gasteiger partial charge on any atom is 0.119 e. The normalized spacial score (nSPS) is 10.6. The Labute approximate surface area is 138 Å². The molecule has 0 aliphatic heterocycles. The van der Waals surface area contributed by atoms with Gasteiger partial charge in [-0.25, -0.2) is 0 Å². The van der Waals surface area contributed by atoms with Crippen molar-refractivity contribution in [1.29, 1.82) is 0 Å². The fraction of sp³-hybridized carbons (Fsp3) is 0.368. The van der Waals surface area contributed by atoms with Crippen molar-refractivity contribution in [2.45, 2.75) is 32.7 Å². The van der Waals surface area contributed by atoms with E-state index in [4.69, 9.17) is 16.3 Å². The highest BCUT2D eigenvalue weighted by molar-refractivity contribution is 6.30. The Kier molecular flexibility index (Phi) is 7.27. The predicted molar refractivity (Wildman–Crippen MR) is 93.7 cm³/mol. The lowest BCUT2D eigenvalue weighted by Crippen LogP contribution is -2.16. The number of ether oxygens (including phenoxy) is 1. The highest BCUT2D eigenvalue weighted by atomic mass is 35.5. The van der Waals surface area contributed by atoms with E-state index in [1.165, 1.54) is 11.1 Å². The summed E-state index contributed by atoms with van der Waals surface area (Å²) in [4.78, 5) is 0.